The van der Waals surface area contributed by atoms with Crippen molar-refractivity contribution in [3.8, 4) is 5.75 Å². The second-order valence-corrected chi connectivity index (χ2v) is 4.59. The van der Waals surface area contributed by atoms with Gasteiger partial charge in [0.2, 0.25) is 0 Å². The summed E-state index contributed by atoms with van der Waals surface area (Å²) >= 11 is 6.02. The van der Waals surface area contributed by atoms with E-state index in [0.717, 1.165) is 28.4 Å². The predicted molar refractivity (Wildman–Crippen MR) is 77.4 cm³/mol. The van der Waals surface area contributed by atoms with Crippen LogP contribution in [0.25, 0.3) is 0 Å². The summed E-state index contributed by atoms with van der Waals surface area (Å²) in [5.74, 6) is 0.880. The van der Waals surface area contributed by atoms with E-state index in [-0.39, 0.29) is 0 Å². The molecule has 4 heteroatoms. The minimum Gasteiger partial charge on any atom is -0.494 e. The first-order chi connectivity index (χ1) is 9.29. The highest BCUT2D eigenvalue weighted by molar-refractivity contribution is 6.30. The Labute approximate surface area is 118 Å². The lowest BCUT2D eigenvalue weighted by Crippen LogP contribution is -2.13. The fourth-order valence-electron chi connectivity index (χ4n) is 1.83. The Morgan fingerprint density at radius 1 is 1.26 bits per heavy atom. The van der Waals surface area contributed by atoms with Gasteiger partial charge in [-0.15, -0.1) is 0 Å². The molecule has 0 spiro atoms. The Bertz CT molecular complexity index is 517. The predicted octanol–water partition coefficient (Wildman–Crippen LogP) is 3.42. The van der Waals surface area contributed by atoms with Crippen molar-refractivity contribution in [1.82, 2.24) is 10.3 Å². The van der Waals surface area contributed by atoms with Gasteiger partial charge >= 0.3 is 0 Å². The lowest BCUT2D eigenvalue weighted by atomic mass is 10.2. The van der Waals surface area contributed by atoms with Crippen LogP contribution in [-0.4, -0.2) is 11.6 Å². The number of aromatic nitrogens is 1. The van der Waals surface area contributed by atoms with Crippen LogP contribution < -0.4 is 10.1 Å². The molecule has 100 valence electrons. The quantitative estimate of drug-likeness (QED) is 0.878. The lowest BCUT2D eigenvalue weighted by Gasteiger charge is -2.11. The third-order valence-electron chi connectivity index (χ3n) is 2.69. The molecule has 0 bridgehead atoms. The van der Waals surface area contributed by atoms with Gasteiger partial charge in [-0.25, -0.2) is 0 Å². The maximum atomic E-state index is 6.02. The molecule has 0 aliphatic rings. The highest BCUT2D eigenvalue weighted by Gasteiger charge is 2.04. The summed E-state index contributed by atoms with van der Waals surface area (Å²) < 4.78 is 5.58. The summed E-state index contributed by atoms with van der Waals surface area (Å²) in [6.07, 6.45) is 3.63. The van der Waals surface area contributed by atoms with Gasteiger partial charge in [0.1, 0.15) is 5.75 Å². The highest BCUT2D eigenvalue weighted by atomic mass is 35.5. The average Bonchev–Trinajstić information content (AvgIpc) is 2.43. The first-order valence-corrected chi connectivity index (χ1v) is 6.68. The number of pyridine rings is 1. The largest absolute Gasteiger partial charge is 0.494 e. The molecule has 0 unspecified atom stereocenters. The third-order valence-corrected chi connectivity index (χ3v) is 2.92. The third kappa shape index (κ3) is 4.23. The van der Waals surface area contributed by atoms with Crippen molar-refractivity contribution in [3.05, 3.63) is 58.9 Å². The Balaban J connectivity index is 1.96. The molecule has 2 aromatic rings. The van der Waals surface area contributed by atoms with Gasteiger partial charge in [-0.2, -0.15) is 0 Å². The summed E-state index contributed by atoms with van der Waals surface area (Å²) in [4.78, 5) is 4.09. The molecule has 2 rings (SSSR count). The second-order valence-electron chi connectivity index (χ2n) is 4.15. The van der Waals surface area contributed by atoms with E-state index in [9.17, 15) is 0 Å². The number of benzene rings is 1. The van der Waals surface area contributed by atoms with Crippen LogP contribution in [0.3, 0.4) is 0 Å². The van der Waals surface area contributed by atoms with Gasteiger partial charge in [-0.05, 0) is 36.8 Å². The van der Waals surface area contributed by atoms with Gasteiger partial charge in [-0.3, -0.25) is 4.98 Å². The van der Waals surface area contributed by atoms with E-state index in [4.69, 9.17) is 16.3 Å². The molecule has 1 aromatic heterocycles. The van der Waals surface area contributed by atoms with Crippen LogP contribution in [0.1, 0.15) is 18.1 Å². The smallest absolute Gasteiger partial charge is 0.123 e. The summed E-state index contributed by atoms with van der Waals surface area (Å²) in [5.41, 5.74) is 2.22. The normalized spacial score (nSPS) is 10.4. The summed E-state index contributed by atoms with van der Waals surface area (Å²) in [6.45, 7) is 4.11. The summed E-state index contributed by atoms with van der Waals surface area (Å²) in [6, 6.07) is 9.66. The molecule has 1 heterocycles. The van der Waals surface area contributed by atoms with Crippen LogP contribution >= 0.6 is 11.6 Å². The van der Waals surface area contributed by atoms with Crippen LogP contribution in [0, 0.1) is 0 Å². The first kappa shape index (κ1) is 13.8. The first-order valence-electron chi connectivity index (χ1n) is 6.30. The minimum atomic E-state index is 0.650. The highest BCUT2D eigenvalue weighted by Crippen LogP contribution is 2.22. The lowest BCUT2D eigenvalue weighted by molar-refractivity contribution is 0.335. The van der Waals surface area contributed by atoms with Gasteiger partial charge in [0.15, 0.2) is 0 Å². The van der Waals surface area contributed by atoms with Crippen molar-refractivity contribution < 1.29 is 4.74 Å². The Kier molecular flexibility index (Phi) is 5.19. The number of hydrogen-bond acceptors (Lipinski definition) is 3. The van der Waals surface area contributed by atoms with Crippen LogP contribution in [0.5, 0.6) is 5.75 Å². The molecule has 1 aromatic carbocycles. The number of rotatable bonds is 6. The molecule has 0 radical (unpaired) electrons. The molecule has 0 aliphatic heterocycles. The molecule has 3 nitrogen and oxygen atoms in total. The minimum absolute atomic E-state index is 0.650. The Hall–Kier alpha value is -1.58. The summed E-state index contributed by atoms with van der Waals surface area (Å²) in [7, 11) is 0. The molecule has 0 amide bonds. The zero-order valence-electron chi connectivity index (χ0n) is 10.9. The van der Waals surface area contributed by atoms with Crippen molar-refractivity contribution in [1.29, 1.82) is 0 Å². The number of nitrogens with one attached hydrogen (secondary N) is 1. The van der Waals surface area contributed by atoms with Gasteiger partial charge in [0.05, 0.1) is 6.61 Å². The van der Waals surface area contributed by atoms with Crippen LogP contribution in [-0.2, 0) is 13.1 Å². The van der Waals surface area contributed by atoms with Crippen molar-refractivity contribution in [3.63, 3.8) is 0 Å². The molecule has 1 N–H and O–H groups in total. The maximum Gasteiger partial charge on any atom is 0.123 e. The fourth-order valence-corrected chi connectivity index (χ4v) is 2.02. The maximum absolute atomic E-state index is 6.02. The molecule has 19 heavy (non-hydrogen) atoms. The number of ether oxygens (including phenoxy) is 1. The topological polar surface area (TPSA) is 34.1 Å². The van der Waals surface area contributed by atoms with E-state index in [0.29, 0.717) is 13.2 Å². The van der Waals surface area contributed by atoms with E-state index >= 15 is 0 Å². The van der Waals surface area contributed by atoms with E-state index in [2.05, 4.69) is 10.3 Å². The van der Waals surface area contributed by atoms with Gasteiger partial charge in [0.25, 0.3) is 0 Å². The zero-order valence-corrected chi connectivity index (χ0v) is 11.7. The zero-order chi connectivity index (χ0) is 13.5. The standard InChI is InChI=1S/C15H17ClN2O/c1-2-19-15-6-5-14(16)8-13(15)11-18-10-12-4-3-7-17-9-12/h3-9,18H,2,10-11H2,1H3. The van der Waals surface area contributed by atoms with E-state index in [1.807, 2.05) is 43.5 Å². The Morgan fingerprint density at radius 2 is 2.16 bits per heavy atom. The molecule has 0 atom stereocenters. The van der Waals surface area contributed by atoms with Crippen molar-refractivity contribution in [2.75, 3.05) is 6.61 Å². The molecule has 0 saturated carbocycles. The monoisotopic (exact) mass is 276 g/mol. The van der Waals surface area contributed by atoms with Crippen LogP contribution in [0.2, 0.25) is 5.02 Å². The van der Waals surface area contributed by atoms with Crippen molar-refractivity contribution in [2.24, 2.45) is 0 Å². The van der Waals surface area contributed by atoms with E-state index in [1.165, 1.54) is 0 Å². The van der Waals surface area contributed by atoms with E-state index in [1.54, 1.807) is 6.20 Å². The van der Waals surface area contributed by atoms with Crippen molar-refractivity contribution in [2.45, 2.75) is 20.0 Å². The summed E-state index contributed by atoms with van der Waals surface area (Å²) in [5, 5.41) is 4.09. The van der Waals surface area contributed by atoms with Crippen LogP contribution in [0.15, 0.2) is 42.7 Å². The fraction of sp³-hybridized carbons (Fsp3) is 0.267. The van der Waals surface area contributed by atoms with Gasteiger partial charge in [-0.1, -0.05) is 17.7 Å². The van der Waals surface area contributed by atoms with Gasteiger partial charge in [0, 0.05) is 36.1 Å². The molecule has 0 aliphatic carbocycles. The SMILES string of the molecule is CCOc1ccc(Cl)cc1CNCc1cccnc1. The molecule has 0 saturated heterocycles. The molecular formula is C15H17ClN2O. The van der Waals surface area contributed by atoms with Gasteiger partial charge < -0.3 is 10.1 Å². The number of hydrogen-bond donors (Lipinski definition) is 1. The van der Waals surface area contributed by atoms with Crippen molar-refractivity contribution >= 4 is 11.6 Å². The molecular weight excluding hydrogens is 260 g/mol. The molecule has 0 fully saturated rings. The number of nitrogens with zero attached hydrogens (tertiary/aromatic N) is 1. The van der Waals surface area contributed by atoms with E-state index < -0.39 is 0 Å². The van der Waals surface area contributed by atoms with Crippen LogP contribution in [0.4, 0.5) is 0 Å². The second kappa shape index (κ2) is 7.12. The average molecular weight is 277 g/mol. The Morgan fingerprint density at radius 3 is 2.89 bits per heavy atom. The number of halogens is 1.